The Morgan fingerprint density at radius 1 is 1.26 bits per heavy atom. The van der Waals surface area contributed by atoms with Gasteiger partial charge in [-0.15, -0.1) is 10.2 Å². The van der Waals surface area contributed by atoms with Crippen molar-refractivity contribution in [2.75, 3.05) is 20.1 Å². The molecule has 1 aromatic heterocycles. The van der Waals surface area contributed by atoms with Gasteiger partial charge in [0.1, 0.15) is 0 Å². The minimum atomic E-state index is -0.228. The van der Waals surface area contributed by atoms with Crippen LogP contribution in [0.2, 0.25) is 0 Å². The highest BCUT2D eigenvalue weighted by molar-refractivity contribution is 5.89. The second-order valence-corrected chi connectivity index (χ2v) is 5.62. The fourth-order valence-corrected chi connectivity index (χ4v) is 2.45. The van der Waals surface area contributed by atoms with Gasteiger partial charge in [0.2, 0.25) is 5.89 Å². The van der Waals surface area contributed by atoms with E-state index >= 15 is 0 Å². The second-order valence-electron chi connectivity index (χ2n) is 5.62. The number of likely N-dealkylation sites (tertiary alicyclic amines) is 1. The van der Waals surface area contributed by atoms with Crippen molar-refractivity contribution in [3.05, 3.63) is 11.8 Å². The van der Waals surface area contributed by atoms with Gasteiger partial charge in [-0.25, -0.2) is 0 Å². The van der Waals surface area contributed by atoms with E-state index in [2.05, 4.69) is 27.5 Å². The van der Waals surface area contributed by atoms with E-state index in [-0.39, 0.29) is 17.8 Å². The molecule has 2 fully saturated rings. The third kappa shape index (κ3) is 3.12. The zero-order valence-electron chi connectivity index (χ0n) is 11.3. The molecule has 6 nitrogen and oxygen atoms in total. The van der Waals surface area contributed by atoms with E-state index in [9.17, 15) is 4.79 Å². The van der Waals surface area contributed by atoms with Crippen LogP contribution in [0.5, 0.6) is 0 Å². The van der Waals surface area contributed by atoms with Crippen LogP contribution in [-0.4, -0.2) is 47.2 Å². The van der Waals surface area contributed by atoms with Crippen LogP contribution in [0.1, 0.15) is 54.6 Å². The lowest BCUT2D eigenvalue weighted by Crippen LogP contribution is -2.35. The lowest BCUT2D eigenvalue weighted by Gasteiger charge is -2.15. The minimum Gasteiger partial charge on any atom is -0.417 e. The van der Waals surface area contributed by atoms with Crippen molar-refractivity contribution in [1.29, 1.82) is 0 Å². The van der Waals surface area contributed by atoms with Gasteiger partial charge < -0.3 is 14.6 Å². The zero-order chi connectivity index (χ0) is 13.2. The predicted octanol–water partition coefficient (Wildman–Crippen LogP) is 1.16. The highest BCUT2D eigenvalue weighted by atomic mass is 16.4. The summed E-state index contributed by atoms with van der Waals surface area (Å²) in [5, 5.41) is 10.8. The Morgan fingerprint density at radius 3 is 2.89 bits per heavy atom. The Balaban J connectivity index is 1.57. The fraction of sp³-hybridized carbons (Fsp3) is 0.769. The average Bonchev–Trinajstić information content (AvgIpc) is 3.16. The maximum absolute atomic E-state index is 12.0. The van der Waals surface area contributed by atoms with E-state index in [4.69, 9.17) is 4.42 Å². The molecule has 1 unspecified atom stereocenters. The van der Waals surface area contributed by atoms with Crippen LogP contribution in [0, 0.1) is 0 Å². The largest absolute Gasteiger partial charge is 0.417 e. The number of nitrogens with one attached hydrogen (secondary N) is 1. The van der Waals surface area contributed by atoms with Gasteiger partial charge in [0.25, 0.3) is 0 Å². The summed E-state index contributed by atoms with van der Waals surface area (Å²) in [5.74, 6) is 0.889. The second kappa shape index (κ2) is 5.28. The summed E-state index contributed by atoms with van der Waals surface area (Å²) in [6.45, 7) is 2.11. The summed E-state index contributed by atoms with van der Waals surface area (Å²) < 4.78 is 5.42. The van der Waals surface area contributed by atoms with Gasteiger partial charge in [0.15, 0.2) is 0 Å². The summed E-state index contributed by atoms with van der Waals surface area (Å²) in [6.07, 6.45) is 5.29. The van der Waals surface area contributed by atoms with Crippen LogP contribution in [0.4, 0.5) is 0 Å². The molecular formula is C13H20N4O2. The molecule has 1 saturated carbocycles. The smallest absolute Gasteiger partial charge is 0.309 e. The number of hydrogen-bond donors (Lipinski definition) is 1. The average molecular weight is 264 g/mol. The van der Waals surface area contributed by atoms with Gasteiger partial charge in [0, 0.05) is 12.0 Å². The zero-order valence-corrected chi connectivity index (χ0v) is 11.3. The molecule has 1 aliphatic carbocycles. The Morgan fingerprint density at radius 2 is 2.11 bits per heavy atom. The van der Waals surface area contributed by atoms with Crippen LogP contribution >= 0.6 is 0 Å². The number of hydrogen-bond acceptors (Lipinski definition) is 5. The van der Waals surface area contributed by atoms with Gasteiger partial charge in [-0.2, -0.15) is 0 Å². The first kappa shape index (κ1) is 12.6. The summed E-state index contributed by atoms with van der Waals surface area (Å²) >= 11 is 0. The van der Waals surface area contributed by atoms with Gasteiger partial charge in [0.05, 0.1) is 0 Å². The van der Waals surface area contributed by atoms with Gasteiger partial charge in [-0.3, -0.25) is 4.79 Å². The number of aromatic nitrogens is 2. The van der Waals surface area contributed by atoms with Crippen molar-refractivity contribution in [2.24, 2.45) is 0 Å². The maximum atomic E-state index is 12.0. The molecule has 1 N–H and O–H groups in total. The third-order valence-corrected chi connectivity index (χ3v) is 3.85. The minimum absolute atomic E-state index is 0.111. The van der Waals surface area contributed by atoms with E-state index in [0.717, 1.165) is 45.2 Å². The summed E-state index contributed by atoms with van der Waals surface area (Å²) in [6, 6.07) is 0.216. The van der Waals surface area contributed by atoms with Gasteiger partial charge >= 0.3 is 11.8 Å². The van der Waals surface area contributed by atoms with Crippen LogP contribution in [-0.2, 0) is 0 Å². The Hall–Kier alpha value is -1.43. The molecule has 104 valence electrons. The monoisotopic (exact) mass is 264 g/mol. The number of carbonyl (C=O) groups is 1. The molecule has 0 aromatic carbocycles. The highest BCUT2D eigenvalue weighted by Gasteiger charge is 2.30. The van der Waals surface area contributed by atoms with Crippen LogP contribution in [0.25, 0.3) is 0 Å². The quantitative estimate of drug-likeness (QED) is 0.887. The van der Waals surface area contributed by atoms with E-state index in [1.807, 2.05) is 0 Å². The third-order valence-electron chi connectivity index (χ3n) is 3.85. The van der Waals surface area contributed by atoms with Crippen molar-refractivity contribution in [3.8, 4) is 0 Å². The number of nitrogens with zero attached hydrogens (tertiary/aromatic N) is 3. The molecule has 2 aliphatic rings. The highest BCUT2D eigenvalue weighted by Crippen LogP contribution is 2.38. The standard InChI is InChI=1S/C13H20N4O2/c1-17-7-2-3-10(6-8-17)14-11(18)13-16-15-12(19-13)9-4-5-9/h9-10H,2-8H2,1H3,(H,14,18). The lowest BCUT2D eigenvalue weighted by molar-refractivity contribution is 0.0896. The lowest BCUT2D eigenvalue weighted by atomic mass is 10.1. The molecule has 19 heavy (non-hydrogen) atoms. The van der Waals surface area contributed by atoms with Crippen LogP contribution in [0.3, 0.4) is 0 Å². The fourth-order valence-electron chi connectivity index (χ4n) is 2.45. The van der Waals surface area contributed by atoms with Crippen LogP contribution < -0.4 is 5.32 Å². The molecule has 1 atom stereocenters. The molecular weight excluding hydrogens is 244 g/mol. The molecule has 0 radical (unpaired) electrons. The first-order valence-corrected chi connectivity index (χ1v) is 7.05. The van der Waals surface area contributed by atoms with Crippen molar-refractivity contribution < 1.29 is 9.21 Å². The molecule has 1 aliphatic heterocycles. The molecule has 1 amide bonds. The van der Waals surface area contributed by atoms with Crippen molar-refractivity contribution in [1.82, 2.24) is 20.4 Å². The summed E-state index contributed by atoms with van der Waals surface area (Å²) in [7, 11) is 2.12. The SMILES string of the molecule is CN1CCCC(NC(=O)c2nnc(C3CC3)o2)CC1. The summed E-state index contributed by atoms with van der Waals surface area (Å²) in [5.41, 5.74) is 0. The molecule has 0 bridgehead atoms. The van der Waals surface area contributed by atoms with E-state index in [1.54, 1.807) is 0 Å². The van der Waals surface area contributed by atoms with Crippen LogP contribution in [0.15, 0.2) is 4.42 Å². The first-order valence-electron chi connectivity index (χ1n) is 7.05. The first-order chi connectivity index (χ1) is 9.22. The molecule has 6 heteroatoms. The summed E-state index contributed by atoms with van der Waals surface area (Å²) in [4.78, 5) is 14.3. The van der Waals surface area contributed by atoms with Crippen molar-refractivity contribution >= 4 is 5.91 Å². The predicted molar refractivity (Wildman–Crippen MR) is 68.9 cm³/mol. The van der Waals surface area contributed by atoms with Crippen molar-refractivity contribution in [2.45, 2.75) is 44.1 Å². The number of rotatable bonds is 3. The van der Waals surface area contributed by atoms with Gasteiger partial charge in [-0.1, -0.05) is 0 Å². The Labute approximate surface area is 112 Å². The Kier molecular flexibility index (Phi) is 3.50. The number of amides is 1. The molecule has 2 heterocycles. The van der Waals surface area contributed by atoms with E-state index < -0.39 is 0 Å². The topological polar surface area (TPSA) is 71.3 Å². The molecule has 3 rings (SSSR count). The van der Waals surface area contributed by atoms with Gasteiger partial charge in [-0.05, 0) is 52.2 Å². The van der Waals surface area contributed by atoms with Crippen molar-refractivity contribution in [3.63, 3.8) is 0 Å². The Bertz CT molecular complexity index is 455. The molecule has 1 aromatic rings. The molecule has 0 spiro atoms. The number of carbonyl (C=O) groups excluding carboxylic acids is 1. The van der Waals surface area contributed by atoms with E-state index in [0.29, 0.717) is 11.8 Å². The normalized spacial score (nSPS) is 25.0. The van der Waals surface area contributed by atoms with E-state index in [1.165, 1.54) is 0 Å². The maximum Gasteiger partial charge on any atom is 0.309 e. The molecule has 1 saturated heterocycles.